The van der Waals surface area contributed by atoms with Gasteiger partial charge in [0.15, 0.2) is 0 Å². The molecule has 144 valence electrons. The number of hydrogen-bond donors (Lipinski definition) is 2. The van der Waals surface area contributed by atoms with Gasteiger partial charge in [-0.1, -0.05) is 18.2 Å². The smallest absolute Gasteiger partial charge is 0.255 e. The second-order valence-corrected chi connectivity index (χ2v) is 7.87. The van der Waals surface area contributed by atoms with Crippen LogP contribution in [0.4, 0.5) is 0 Å². The number of furan rings is 1. The zero-order chi connectivity index (χ0) is 19.3. The summed E-state index contributed by atoms with van der Waals surface area (Å²) in [6, 6.07) is 12.9. The van der Waals surface area contributed by atoms with Crippen molar-refractivity contribution in [1.82, 2.24) is 15.2 Å². The van der Waals surface area contributed by atoms with Crippen molar-refractivity contribution in [2.45, 2.75) is 25.3 Å². The molecule has 1 saturated heterocycles. The van der Waals surface area contributed by atoms with Crippen LogP contribution in [0.5, 0.6) is 0 Å². The van der Waals surface area contributed by atoms with Gasteiger partial charge < -0.3 is 19.6 Å². The Morgan fingerprint density at radius 3 is 3.00 bits per heavy atom. The highest BCUT2D eigenvalue weighted by atomic mass is 16.3. The number of rotatable bonds is 3. The molecule has 4 heterocycles. The van der Waals surface area contributed by atoms with E-state index in [0.717, 1.165) is 36.4 Å². The number of benzene rings is 1. The number of nitrogens with zero attached hydrogens (tertiary/aromatic N) is 1. The van der Waals surface area contributed by atoms with Crippen molar-refractivity contribution in [2.24, 2.45) is 5.92 Å². The number of nitrogens with one attached hydrogen (secondary N) is 2. The molecule has 2 aromatic heterocycles. The van der Waals surface area contributed by atoms with Crippen LogP contribution in [-0.4, -0.2) is 30.1 Å². The van der Waals surface area contributed by atoms with Crippen molar-refractivity contribution in [1.29, 1.82) is 0 Å². The Bertz CT molecular complexity index is 1110. The number of carbonyl (C=O) groups is 1. The molecule has 2 aliphatic heterocycles. The predicted molar refractivity (Wildman–Crippen MR) is 107 cm³/mol. The first-order chi connectivity index (χ1) is 13.6. The van der Waals surface area contributed by atoms with Gasteiger partial charge in [0.2, 0.25) is 0 Å². The molecule has 2 N–H and O–H groups in total. The fourth-order valence-electron chi connectivity index (χ4n) is 4.83. The van der Waals surface area contributed by atoms with E-state index in [1.54, 1.807) is 12.1 Å². The average Bonchev–Trinajstić information content (AvgIpc) is 3.08. The minimum atomic E-state index is -0.170. The molecule has 3 aromatic rings. The summed E-state index contributed by atoms with van der Waals surface area (Å²) in [5.74, 6) is 1.30. The zero-order valence-electron chi connectivity index (χ0n) is 15.8. The number of carbonyl (C=O) groups excluding carboxylic acids is 1. The van der Waals surface area contributed by atoms with Gasteiger partial charge in [0.25, 0.3) is 11.5 Å². The highest BCUT2D eigenvalue weighted by Gasteiger charge is 2.37. The molecule has 0 aliphatic carbocycles. The Morgan fingerprint density at radius 2 is 2.11 bits per heavy atom. The maximum atomic E-state index is 12.9. The molecule has 0 radical (unpaired) electrons. The van der Waals surface area contributed by atoms with Gasteiger partial charge in [-0.2, -0.15) is 0 Å². The van der Waals surface area contributed by atoms with E-state index in [2.05, 4.69) is 10.6 Å². The molecule has 3 atom stereocenters. The van der Waals surface area contributed by atoms with Gasteiger partial charge in [0.05, 0.1) is 11.6 Å². The number of para-hydroxylation sites is 1. The van der Waals surface area contributed by atoms with E-state index < -0.39 is 0 Å². The second-order valence-electron chi connectivity index (χ2n) is 7.87. The molecule has 0 unspecified atom stereocenters. The summed E-state index contributed by atoms with van der Waals surface area (Å²) in [7, 11) is 0. The summed E-state index contributed by atoms with van der Waals surface area (Å²) < 4.78 is 7.63. The number of pyridine rings is 1. The van der Waals surface area contributed by atoms with Crippen molar-refractivity contribution < 1.29 is 9.21 Å². The Labute approximate surface area is 162 Å². The normalized spacial score (nSPS) is 23.4. The molecule has 0 spiro atoms. The molecule has 2 bridgehead atoms. The number of aromatic nitrogens is 1. The van der Waals surface area contributed by atoms with E-state index in [4.69, 9.17) is 4.42 Å². The van der Waals surface area contributed by atoms with Gasteiger partial charge in [-0.15, -0.1) is 0 Å². The van der Waals surface area contributed by atoms with Crippen LogP contribution in [0.25, 0.3) is 11.0 Å². The Morgan fingerprint density at radius 1 is 1.25 bits per heavy atom. The van der Waals surface area contributed by atoms with Crippen molar-refractivity contribution in [3.05, 3.63) is 69.8 Å². The number of hydrogen-bond acceptors (Lipinski definition) is 4. The lowest BCUT2D eigenvalue weighted by molar-refractivity contribution is 0.0933. The van der Waals surface area contributed by atoms with Gasteiger partial charge in [0, 0.05) is 42.7 Å². The molecular formula is C22H23N3O3. The van der Waals surface area contributed by atoms with Crippen LogP contribution in [0.3, 0.4) is 0 Å². The maximum Gasteiger partial charge on any atom is 0.255 e. The van der Waals surface area contributed by atoms with Crippen LogP contribution >= 0.6 is 0 Å². The molecule has 1 fully saturated rings. The van der Waals surface area contributed by atoms with E-state index in [1.165, 1.54) is 0 Å². The van der Waals surface area contributed by atoms with E-state index in [0.29, 0.717) is 29.5 Å². The molecule has 1 amide bonds. The summed E-state index contributed by atoms with van der Waals surface area (Å²) in [5, 5.41) is 7.46. The topological polar surface area (TPSA) is 76.3 Å². The minimum Gasteiger partial charge on any atom is -0.461 e. The van der Waals surface area contributed by atoms with Crippen LogP contribution < -0.4 is 16.2 Å². The van der Waals surface area contributed by atoms with Crippen molar-refractivity contribution in [3.8, 4) is 0 Å². The second kappa shape index (κ2) is 6.63. The molecule has 6 heteroatoms. The fraction of sp³-hybridized carbons (Fsp3) is 0.364. The maximum absolute atomic E-state index is 12.9. The fourth-order valence-corrected chi connectivity index (χ4v) is 4.83. The third kappa shape index (κ3) is 2.76. The lowest BCUT2D eigenvalue weighted by atomic mass is 9.79. The molecular weight excluding hydrogens is 354 g/mol. The van der Waals surface area contributed by atoms with E-state index in [9.17, 15) is 9.59 Å². The van der Waals surface area contributed by atoms with Crippen LogP contribution in [0.15, 0.2) is 51.7 Å². The SMILES string of the molecule is Cc1cc2cccc(C(=O)NC[C@H]3[C@@H]4CNC[C@@H](C4)c4cccc(=O)n43)c2o1. The molecule has 2 aliphatic rings. The summed E-state index contributed by atoms with van der Waals surface area (Å²) in [6.07, 6.45) is 1.05. The predicted octanol–water partition coefficient (Wildman–Crippen LogP) is 2.58. The summed E-state index contributed by atoms with van der Waals surface area (Å²) in [5.41, 5.74) is 2.22. The molecule has 5 rings (SSSR count). The van der Waals surface area contributed by atoms with Crippen molar-refractivity contribution in [3.63, 3.8) is 0 Å². The minimum absolute atomic E-state index is 0.0112. The van der Waals surface area contributed by atoms with Gasteiger partial charge in [-0.3, -0.25) is 9.59 Å². The Kier molecular flexibility index (Phi) is 4.09. The number of amides is 1. The zero-order valence-corrected chi connectivity index (χ0v) is 15.8. The van der Waals surface area contributed by atoms with E-state index in [-0.39, 0.29) is 17.5 Å². The number of fused-ring (bicyclic) bond motifs is 5. The first kappa shape index (κ1) is 17.3. The number of piperidine rings is 1. The Hall–Kier alpha value is -2.86. The van der Waals surface area contributed by atoms with Crippen molar-refractivity contribution >= 4 is 16.9 Å². The van der Waals surface area contributed by atoms with Crippen molar-refractivity contribution in [2.75, 3.05) is 19.6 Å². The van der Waals surface area contributed by atoms with Gasteiger partial charge >= 0.3 is 0 Å². The van der Waals surface area contributed by atoms with Crippen LogP contribution in [0.1, 0.15) is 40.2 Å². The van der Waals surface area contributed by atoms with Crippen LogP contribution in [0.2, 0.25) is 0 Å². The largest absolute Gasteiger partial charge is 0.461 e. The molecule has 28 heavy (non-hydrogen) atoms. The summed E-state index contributed by atoms with van der Waals surface area (Å²) in [4.78, 5) is 25.5. The highest BCUT2D eigenvalue weighted by Crippen LogP contribution is 2.38. The van der Waals surface area contributed by atoms with Gasteiger partial charge in [-0.25, -0.2) is 0 Å². The third-order valence-corrected chi connectivity index (χ3v) is 6.08. The first-order valence-electron chi connectivity index (χ1n) is 9.81. The third-order valence-electron chi connectivity index (χ3n) is 6.08. The number of aryl methyl sites for hydroxylation is 1. The van der Waals surface area contributed by atoms with E-state index in [1.807, 2.05) is 41.8 Å². The van der Waals surface area contributed by atoms with Gasteiger partial charge in [0.1, 0.15) is 11.3 Å². The van der Waals surface area contributed by atoms with Gasteiger partial charge in [-0.05, 0) is 37.5 Å². The van der Waals surface area contributed by atoms with Crippen LogP contribution in [0, 0.1) is 12.8 Å². The highest BCUT2D eigenvalue weighted by molar-refractivity contribution is 6.05. The molecule has 6 nitrogen and oxygen atoms in total. The lowest BCUT2D eigenvalue weighted by Gasteiger charge is -2.43. The van der Waals surface area contributed by atoms with E-state index >= 15 is 0 Å². The standard InChI is InChI=1S/C22H23N3O3/c1-13-8-14-4-2-5-17(21(14)28-13)22(27)24-12-19-16-9-15(10-23-11-16)18-6-3-7-20(26)25(18)19/h2-8,15-16,19,23H,9-12H2,1H3,(H,24,27)/t15-,16+,19+/m1/s1. The molecule has 1 aromatic carbocycles. The summed E-state index contributed by atoms with van der Waals surface area (Å²) >= 11 is 0. The van der Waals surface area contributed by atoms with Crippen LogP contribution in [-0.2, 0) is 0 Å². The molecule has 0 saturated carbocycles. The first-order valence-corrected chi connectivity index (χ1v) is 9.81. The lowest BCUT2D eigenvalue weighted by Crippen LogP contribution is -2.50. The monoisotopic (exact) mass is 377 g/mol. The Balaban J connectivity index is 1.44. The average molecular weight is 377 g/mol. The summed E-state index contributed by atoms with van der Waals surface area (Å²) in [6.45, 7) is 4.06. The quantitative estimate of drug-likeness (QED) is 0.736.